The third kappa shape index (κ3) is 3.94. The number of aryl methyl sites for hydroxylation is 1. The number of rotatable bonds is 3. The summed E-state index contributed by atoms with van der Waals surface area (Å²) in [6.07, 6.45) is 2.97. The Morgan fingerprint density at radius 2 is 2.11 bits per heavy atom. The van der Waals surface area contributed by atoms with E-state index in [2.05, 4.69) is 46.3 Å². The Morgan fingerprint density at radius 1 is 1.33 bits per heavy atom. The number of carbonyl (C=O) groups excluding carboxylic acids is 1. The minimum atomic E-state index is -0.480. The van der Waals surface area contributed by atoms with Crippen molar-refractivity contribution in [2.24, 2.45) is 0 Å². The molecule has 6 nitrogen and oxygen atoms in total. The molecule has 4 rings (SSSR count). The smallest absolute Gasteiger partial charge is 0.410 e. The lowest BCUT2D eigenvalue weighted by Crippen LogP contribution is -2.39. The molecule has 2 aromatic rings. The third-order valence-corrected chi connectivity index (χ3v) is 4.97. The molecule has 27 heavy (non-hydrogen) atoms. The highest BCUT2D eigenvalue weighted by molar-refractivity contribution is 5.69. The topological polar surface area (TPSA) is 61.2 Å². The number of nitrogens with one attached hydrogen (secondary N) is 2. The first-order chi connectivity index (χ1) is 12.8. The van der Waals surface area contributed by atoms with E-state index >= 15 is 0 Å². The summed E-state index contributed by atoms with van der Waals surface area (Å²) in [5, 5.41) is 7.19. The highest BCUT2D eigenvalue weighted by atomic mass is 16.6. The summed E-state index contributed by atoms with van der Waals surface area (Å²) in [4.78, 5) is 14.4. The van der Waals surface area contributed by atoms with Crippen molar-refractivity contribution in [3.8, 4) is 0 Å². The monoisotopic (exact) mass is 369 g/mol. The number of anilines is 2. The Morgan fingerprint density at radius 3 is 2.78 bits per heavy atom. The summed E-state index contributed by atoms with van der Waals surface area (Å²) < 4.78 is 7.84. The lowest BCUT2D eigenvalue weighted by molar-refractivity contribution is -0.740. The van der Waals surface area contributed by atoms with Crippen LogP contribution in [0.2, 0.25) is 0 Å². The van der Waals surface area contributed by atoms with Crippen LogP contribution in [0, 0.1) is 6.92 Å². The number of fused-ring (bicyclic) bond motifs is 1. The van der Waals surface area contributed by atoms with Gasteiger partial charge >= 0.3 is 11.9 Å². The number of carbonyl (C=O) groups is 1. The molecular weight excluding hydrogens is 340 g/mol. The summed E-state index contributed by atoms with van der Waals surface area (Å²) in [5.74, 6) is 1.08. The van der Waals surface area contributed by atoms with Crippen molar-refractivity contribution >= 4 is 17.6 Å². The molecule has 144 valence electrons. The zero-order chi connectivity index (χ0) is 19.2. The van der Waals surface area contributed by atoms with Crippen LogP contribution in [0.25, 0.3) is 0 Å². The van der Waals surface area contributed by atoms with Crippen LogP contribution in [0.5, 0.6) is 0 Å². The Balaban J connectivity index is 1.62. The molecule has 0 unspecified atom stereocenters. The zero-order valence-corrected chi connectivity index (χ0v) is 16.6. The van der Waals surface area contributed by atoms with Crippen LogP contribution in [-0.2, 0) is 17.7 Å². The van der Waals surface area contributed by atoms with Gasteiger partial charge in [0.1, 0.15) is 17.3 Å². The average Bonchev–Trinajstić information content (AvgIpc) is 3.36. The van der Waals surface area contributed by atoms with Gasteiger partial charge in [-0.1, -0.05) is 12.1 Å². The van der Waals surface area contributed by atoms with E-state index in [9.17, 15) is 4.79 Å². The predicted octanol–water partition coefficient (Wildman–Crippen LogP) is 3.98. The number of aromatic nitrogens is 2. The summed E-state index contributed by atoms with van der Waals surface area (Å²) in [5.41, 5.74) is 4.20. The van der Waals surface area contributed by atoms with Crippen LogP contribution < -0.4 is 10.00 Å². The highest BCUT2D eigenvalue weighted by Crippen LogP contribution is 2.34. The molecule has 0 saturated heterocycles. The summed E-state index contributed by atoms with van der Waals surface area (Å²) >= 11 is 0. The van der Waals surface area contributed by atoms with Crippen LogP contribution in [0.1, 0.15) is 56.5 Å². The van der Waals surface area contributed by atoms with Crippen LogP contribution in [-0.4, -0.2) is 28.2 Å². The summed E-state index contributed by atoms with van der Waals surface area (Å²) in [6, 6.07) is 8.91. The van der Waals surface area contributed by atoms with Crippen LogP contribution >= 0.6 is 0 Å². The molecule has 1 amide bonds. The molecule has 6 heteroatoms. The van der Waals surface area contributed by atoms with Gasteiger partial charge in [-0.15, -0.1) is 0 Å². The lowest BCUT2D eigenvalue weighted by Gasteiger charge is -2.29. The maximum absolute atomic E-state index is 12.6. The number of aromatic amines is 1. The van der Waals surface area contributed by atoms with Crippen LogP contribution in [0.3, 0.4) is 0 Å². The second-order valence-corrected chi connectivity index (χ2v) is 8.67. The molecule has 1 aromatic heterocycles. The molecule has 2 aliphatic rings. The fraction of sp³-hybridized carbons (Fsp3) is 0.524. The van der Waals surface area contributed by atoms with Gasteiger partial charge in [-0.3, -0.25) is 0 Å². The molecular formula is C21H29N4O2+. The Hall–Kier alpha value is -2.50. The highest BCUT2D eigenvalue weighted by Gasteiger charge is 2.38. The second kappa shape index (κ2) is 6.59. The zero-order valence-electron chi connectivity index (χ0n) is 16.6. The van der Waals surface area contributed by atoms with E-state index in [0.29, 0.717) is 19.1 Å². The minimum Gasteiger partial charge on any atom is -0.444 e. The predicted molar refractivity (Wildman–Crippen MR) is 104 cm³/mol. The van der Waals surface area contributed by atoms with Crippen molar-refractivity contribution < 1.29 is 14.2 Å². The molecule has 1 aliphatic carbocycles. The summed E-state index contributed by atoms with van der Waals surface area (Å²) in [7, 11) is 0. The molecule has 0 bridgehead atoms. The van der Waals surface area contributed by atoms with Gasteiger partial charge in [0.15, 0.2) is 0 Å². The van der Waals surface area contributed by atoms with Gasteiger partial charge < -0.3 is 9.64 Å². The normalized spacial score (nSPS) is 16.8. The molecule has 2 heterocycles. The number of hydrogen-bond donors (Lipinski definition) is 2. The number of amides is 1. The molecule has 1 aromatic carbocycles. The van der Waals surface area contributed by atoms with Gasteiger partial charge in [0.25, 0.3) is 0 Å². The maximum atomic E-state index is 12.6. The number of hydrogen-bond acceptors (Lipinski definition) is 3. The average molecular weight is 369 g/mol. The van der Waals surface area contributed by atoms with Gasteiger partial charge in [-0.25, -0.2) is 15.2 Å². The van der Waals surface area contributed by atoms with Gasteiger partial charge in [0, 0.05) is 13.0 Å². The second-order valence-electron chi connectivity index (χ2n) is 8.67. The van der Waals surface area contributed by atoms with Gasteiger partial charge in [0.2, 0.25) is 0 Å². The van der Waals surface area contributed by atoms with E-state index in [-0.39, 0.29) is 6.09 Å². The SMILES string of the molecule is Cc1cccc(Nc2c3c([nH][n+]2C2CC2)CCN(C(=O)OC(C)(C)C)C3)c1. The van der Waals surface area contributed by atoms with Crippen molar-refractivity contribution in [2.75, 3.05) is 11.9 Å². The van der Waals surface area contributed by atoms with Crippen molar-refractivity contribution in [3.63, 3.8) is 0 Å². The molecule has 0 atom stereocenters. The number of benzene rings is 1. The molecule has 1 aliphatic heterocycles. The van der Waals surface area contributed by atoms with E-state index in [0.717, 1.165) is 17.9 Å². The fourth-order valence-electron chi connectivity index (χ4n) is 3.54. The Kier molecular flexibility index (Phi) is 4.36. The maximum Gasteiger partial charge on any atom is 0.410 e. The van der Waals surface area contributed by atoms with E-state index in [1.807, 2.05) is 20.8 Å². The largest absolute Gasteiger partial charge is 0.444 e. The van der Waals surface area contributed by atoms with Gasteiger partial charge in [-0.2, -0.15) is 4.68 Å². The fourth-order valence-corrected chi connectivity index (χ4v) is 3.54. The Labute approximate surface area is 160 Å². The van der Waals surface area contributed by atoms with Gasteiger partial charge in [0.05, 0.1) is 17.8 Å². The molecule has 1 fully saturated rings. The van der Waals surface area contributed by atoms with Crippen LogP contribution in [0.15, 0.2) is 24.3 Å². The van der Waals surface area contributed by atoms with Crippen molar-refractivity contribution in [1.29, 1.82) is 0 Å². The molecule has 0 spiro atoms. The van der Waals surface area contributed by atoms with Crippen molar-refractivity contribution in [3.05, 3.63) is 41.1 Å². The first-order valence-corrected chi connectivity index (χ1v) is 9.77. The van der Waals surface area contributed by atoms with E-state index in [4.69, 9.17) is 4.74 Å². The minimum absolute atomic E-state index is 0.242. The number of H-pyrrole nitrogens is 1. The summed E-state index contributed by atoms with van der Waals surface area (Å²) in [6.45, 7) is 9.05. The van der Waals surface area contributed by atoms with E-state index in [1.54, 1.807) is 4.90 Å². The van der Waals surface area contributed by atoms with Crippen LogP contribution in [0.4, 0.5) is 16.3 Å². The molecule has 2 N–H and O–H groups in total. The van der Waals surface area contributed by atoms with E-state index in [1.165, 1.54) is 29.7 Å². The first kappa shape index (κ1) is 17.9. The van der Waals surface area contributed by atoms with E-state index < -0.39 is 5.60 Å². The lowest BCUT2D eigenvalue weighted by atomic mass is 10.1. The number of nitrogens with zero attached hydrogens (tertiary/aromatic N) is 2. The standard InChI is InChI=1S/C21H28N4O2/c1-14-6-5-7-15(12-14)22-19-17-13-24(20(26)27-21(2,3)4)11-10-18(17)23-25(19)16-8-9-16/h5-7,12,16H,8-11,13H2,1-4H3,(H,22,23)/p+1. The van der Waals surface area contributed by atoms with Crippen molar-refractivity contribution in [1.82, 2.24) is 10.00 Å². The molecule has 0 radical (unpaired) electrons. The Bertz CT molecular complexity index is 862. The van der Waals surface area contributed by atoms with Gasteiger partial charge in [-0.05, 0) is 58.2 Å². The number of ether oxygens (including phenoxy) is 1. The quantitative estimate of drug-likeness (QED) is 0.805. The first-order valence-electron chi connectivity index (χ1n) is 9.77. The third-order valence-electron chi connectivity index (χ3n) is 4.97. The molecule has 1 saturated carbocycles. The van der Waals surface area contributed by atoms with Crippen molar-refractivity contribution in [2.45, 2.75) is 65.1 Å².